The number of aryl methyl sites for hydroxylation is 1. The first kappa shape index (κ1) is 17.3. The van der Waals surface area contributed by atoms with Crippen molar-refractivity contribution in [3.63, 3.8) is 0 Å². The zero-order chi connectivity index (χ0) is 17.1. The van der Waals surface area contributed by atoms with Crippen molar-refractivity contribution in [1.82, 2.24) is 0 Å². The van der Waals surface area contributed by atoms with Crippen LogP contribution in [0.3, 0.4) is 0 Å². The Kier molecular flexibility index (Phi) is 5.44. The highest BCUT2D eigenvalue weighted by Gasteiger charge is 2.27. The molecule has 2 aromatic rings. The summed E-state index contributed by atoms with van der Waals surface area (Å²) in [5.74, 6) is -0.0674. The quantitative estimate of drug-likeness (QED) is 0.848. The number of carbonyl (C=O) groups excluding carboxylic acids is 1. The molecule has 1 aliphatic rings. The number of fused-ring (bicyclic) bond motifs is 1. The van der Waals surface area contributed by atoms with Crippen LogP contribution in [0.4, 0.5) is 5.69 Å². The Labute approximate surface area is 152 Å². The van der Waals surface area contributed by atoms with E-state index in [1.807, 2.05) is 6.92 Å². The Morgan fingerprint density at radius 1 is 1.25 bits per heavy atom. The minimum Gasteiger partial charge on any atom is -0.330 e. The van der Waals surface area contributed by atoms with Crippen molar-refractivity contribution in [1.29, 1.82) is 0 Å². The van der Waals surface area contributed by atoms with Gasteiger partial charge in [-0.15, -0.1) is 0 Å². The Morgan fingerprint density at radius 3 is 2.88 bits per heavy atom. The number of carbonyl (C=O) groups is 1. The van der Waals surface area contributed by atoms with Gasteiger partial charge in [-0.1, -0.05) is 47.5 Å². The van der Waals surface area contributed by atoms with Crippen LogP contribution < -0.4 is 10.6 Å². The molecule has 3 nitrogen and oxygen atoms in total. The number of anilines is 1. The number of rotatable bonds is 4. The van der Waals surface area contributed by atoms with E-state index in [0.717, 1.165) is 19.3 Å². The molecule has 0 unspecified atom stereocenters. The monoisotopic (exact) mass is 363 g/mol. The second kappa shape index (κ2) is 7.56. The van der Waals surface area contributed by atoms with Crippen molar-refractivity contribution >= 4 is 34.8 Å². The van der Waals surface area contributed by atoms with E-state index in [9.17, 15) is 4.79 Å². The van der Waals surface area contributed by atoms with Gasteiger partial charge in [-0.3, -0.25) is 4.79 Å². The smallest absolute Gasteiger partial charge is 0.282 e. The molecule has 0 spiro atoms. The molecule has 0 fully saturated rings. The van der Waals surface area contributed by atoms with Crippen molar-refractivity contribution in [3.05, 3.63) is 63.6 Å². The maximum atomic E-state index is 12.5. The second-order valence-electron chi connectivity index (χ2n) is 6.29. The molecular formula is C19H21Cl2N2O+. The average Bonchev–Trinajstić information content (AvgIpc) is 2.58. The molecule has 2 atom stereocenters. The molecule has 0 saturated carbocycles. The molecule has 0 aliphatic heterocycles. The van der Waals surface area contributed by atoms with Crippen molar-refractivity contribution in [2.24, 2.45) is 0 Å². The third kappa shape index (κ3) is 3.92. The molecular weight excluding hydrogens is 343 g/mol. The maximum absolute atomic E-state index is 12.5. The molecule has 0 bridgehead atoms. The predicted molar refractivity (Wildman–Crippen MR) is 98.6 cm³/mol. The van der Waals surface area contributed by atoms with Crippen molar-refractivity contribution in [3.8, 4) is 0 Å². The Morgan fingerprint density at radius 2 is 2.04 bits per heavy atom. The average molecular weight is 364 g/mol. The summed E-state index contributed by atoms with van der Waals surface area (Å²) < 4.78 is 0. The predicted octanol–water partition coefficient (Wildman–Crippen LogP) is 3.96. The number of hydrogen-bond donors (Lipinski definition) is 2. The number of hydrogen-bond acceptors (Lipinski definition) is 1. The second-order valence-corrected chi connectivity index (χ2v) is 7.14. The first-order valence-electron chi connectivity index (χ1n) is 8.23. The number of quaternary nitrogens is 1. The van der Waals surface area contributed by atoms with Crippen LogP contribution in [0.5, 0.6) is 0 Å². The number of nitrogens with one attached hydrogen (secondary N) is 1. The lowest BCUT2D eigenvalue weighted by molar-refractivity contribution is -0.714. The van der Waals surface area contributed by atoms with Gasteiger partial charge in [0.05, 0.1) is 10.7 Å². The standard InChI is InChI=1S/C19H20Cl2N2O/c1-12(19(24)23-18-11-14(20)9-10-16(18)21)22-17-8-4-6-13-5-2-3-7-15(13)17/h2-3,5,7,9-12,17,22H,4,6,8H2,1H3,(H,23,24)/p+1/t12-,17+/m1/s1. The van der Waals surface area contributed by atoms with Crippen LogP contribution in [-0.4, -0.2) is 11.9 Å². The van der Waals surface area contributed by atoms with Gasteiger partial charge in [0.1, 0.15) is 6.04 Å². The van der Waals surface area contributed by atoms with Gasteiger partial charge in [0.25, 0.3) is 5.91 Å². The topological polar surface area (TPSA) is 45.7 Å². The summed E-state index contributed by atoms with van der Waals surface area (Å²) in [6.45, 7) is 1.92. The minimum absolute atomic E-state index is 0.0674. The van der Waals surface area contributed by atoms with Gasteiger partial charge in [0.15, 0.2) is 6.04 Å². The lowest BCUT2D eigenvalue weighted by atomic mass is 9.87. The van der Waals surface area contributed by atoms with Crippen LogP contribution in [0.2, 0.25) is 10.0 Å². The molecule has 3 rings (SSSR count). The normalized spacial score (nSPS) is 17.9. The van der Waals surface area contributed by atoms with Gasteiger partial charge >= 0.3 is 0 Å². The number of benzene rings is 2. The van der Waals surface area contributed by atoms with Gasteiger partial charge in [0, 0.05) is 17.0 Å². The molecule has 24 heavy (non-hydrogen) atoms. The lowest BCUT2D eigenvalue weighted by Gasteiger charge is -2.26. The van der Waals surface area contributed by atoms with E-state index >= 15 is 0 Å². The van der Waals surface area contributed by atoms with E-state index in [1.165, 1.54) is 11.1 Å². The van der Waals surface area contributed by atoms with Crippen LogP contribution in [0.25, 0.3) is 0 Å². The van der Waals surface area contributed by atoms with Crippen molar-refractivity contribution in [2.45, 2.75) is 38.3 Å². The number of amides is 1. The Bertz CT molecular complexity index is 748. The van der Waals surface area contributed by atoms with Crippen LogP contribution >= 0.6 is 23.2 Å². The Hall–Kier alpha value is -1.55. The highest BCUT2D eigenvalue weighted by molar-refractivity contribution is 6.35. The third-order valence-electron chi connectivity index (χ3n) is 4.54. The zero-order valence-electron chi connectivity index (χ0n) is 13.6. The molecule has 1 amide bonds. The van der Waals surface area contributed by atoms with E-state index in [1.54, 1.807) is 18.2 Å². The van der Waals surface area contributed by atoms with Crippen molar-refractivity contribution in [2.75, 3.05) is 5.32 Å². The van der Waals surface area contributed by atoms with Crippen LogP contribution in [-0.2, 0) is 11.2 Å². The highest BCUT2D eigenvalue weighted by Crippen LogP contribution is 2.27. The molecule has 0 aromatic heterocycles. The molecule has 0 radical (unpaired) electrons. The van der Waals surface area contributed by atoms with Gasteiger partial charge in [-0.25, -0.2) is 0 Å². The van der Waals surface area contributed by atoms with E-state index < -0.39 is 0 Å². The summed E-state index contributed by atoms with van der Waals surface area (Å²) in [7, 11) is 0. The van der Waals surface area contributed by atoms with E-state index in [0.29, 0.717) is 21.8 Å². The molecule has 0 heterocycles. The lowest BCUT2D eigenvalue weighted by Crippen LogP contribution is -2.92. The number of halogens is 2. The minimum atomic E-state index is -0.212. The van der Waals surface area contributed by atoms with Crippen LogP contribution in [0, 0.1) is 0 Å². The van der Waals surface area contributed by atoms with Gasteiger partial charge in [-0.2, -0.15) is 0 Å². The zero-order valence-corrected chi connectivity index (χ0v) is 15.1. The summed E-state index contributed by atoms with van der Waals surface area (Å²) in [6, 6.07) is 13.7. The summed E-state index contributed by atoms with van der Waals surface area (Å²) in [5, 5.41) is 6.06. The summed E-state index contributed by atoms with van der Waals surface area (Å²) >= 11 is 12.1. The largest absolute Gasteiger partial charge is 0.330 e. The summed E-state index contributed by atoms with van der Waals surface area (Å²) in [4.78, 5) is 12.5. The fraction of sp³-hybridized carbons (Fsp3) is 0.316. The van der Waals surface area contributed by atoms with Crippen molar-refractivity contribution < 1.29 is 10.1 Å². The molecule has 3 N–H and O–H groups in total. The highest BCUT2D eigenvalue weighted by atomic mass is 35.5. The first-order valence-corrected chi connectivity index (χ1v) is 8.99. The molecule has 2 aromatic carbocycles. The summed E-state index contributed by atoms with van der Waals surface area (Å²) in [5.41, 5.74) is 3.30. The number of nitrogens with two attached hydrogens (primary N) is 1. The SMILES string of the molecule is C[C@@H]([NH2+][C@H]1CCCc2ccccc21)C(=O)Nc1cc(Cl)ccc1Cl. The Balaban J connectivity index is 1.68. The van der Waals surface area contributed by atoms with Crippen LogP contribution in [0.1, 0.15) is 36.9 Å². The summed E-state index contributed by atoms with van der Waals surface area (Å²) in [6.07, 6.45) is 3.37. The fourth-order valence-corrected chi connectivity index (χ4v) is 3.60. The maximum Gasteiger partial charge on any atom is 0.282 e. The third-order valence-corrected chi connectivity index (χ3v) is 5.10. The van der Waals surface area contributed by atoms with E-state index in [4.69, 9.17) is 23.2 Å². The van der Waals surface area contributed by atoms with Gasteiger partial charge < -0.3 is 10.6 Å². The first-order chi connectivity index (χ1) is 11.5. The van der Waals surface area contributed by atoms with E-state index in [2.05, 4.69) is 34.9 Å². The molecule has 5 heteroatoms. The molecule has 126 valence electrons. The molecule has 1 aliphatic carbocycles. The molecule has 0 saturated heterocycles. The van der Waals surface area contributed by atoms with E-state index in [-0.39, 0.29) is 11.9 Å². The van der Waals surface area contributed by atoms with Crippen LogP contribution in [0.15, 0.2) is 42.5 Å². The van der Waals surface area contributed by atoms with Gasteiger partial charge in [0.2, 0.25) is 0 Å². The fourth-order valence-electron chi connectivity index (χ4n) is 3.27. The van der Waals surface area contributed by atoms with Gasteiger partial charge in [-0.05, 0) is 43.5 Å².